The lowest BCUT2D eigenvalue weighted by Gasteiger charge is -2.10. The highest BCUT2D eigenvalue weighted by Crippen LogP contribution is 2.36. The molecule has 0 aliphatic heterocycles. The first-order valence-electron chi connectivity index (χ1n) is 8.84. The van der Waals surface area contributed by atoms with Crippen LogP contribution < -0.4 is 10.1 Å². The number of benzene rings is 2. The molecule has 3 aromatic rings. The third-order valence-electron chi connectivity index (χ3n) is 4.29. The Morgan fingerprint density at radius 3 is 2.48 bits per heavy atom. The zero-order chi connectivity index (χ0) is 21.0. The molecule has 150 valence electrons. The number of esters is 1. The van der Waals surface area contributed by atoms with Crippen molar-refractivity contribution in [3.05, 3.63) is 69.6 Å². The first-order chi connectivity index (χ1) is 13.9. The number of nitrogens with one attached hydrogen (secondary N) is 1. The first-order valence-corrected chi connectivity index (χ1v) is 10.1. The fourth-order valence-corrected chi connectivity index (χ4v) is 3.98. The van der Waals surface area contributed by atoms with E-state index in [9.17, 15) is 9.59 Å². The van der Waals surface area contributed by atoms with E-state index in [1.54, 1.807) is 18.2 Å². The van der Waals surface area contributed by atoms with E-state index < -0.39 is 5.97 Å². The van der Waals surface area contributed by atoms with E-state index in [1.165, 1.54) is 18.4 Å². The average Bonchev–Trinajstić information content (AvgIpc) is 3.10. The van der Waals surface area contributed by atoms with Crippen LogP contribution in [0, 0.1) is 13.8 Å². The van der Waals surface area contributed by atoms with Crippen LogP contribution >= 0.6 is 22.9 Å². The summed E-state index contributed by atoms with van der Waals surface area (Å²) in [5, 5.41) is 5.61. The Bertz CT molecular complexity index is 1040. The standard InChI is InChI=1S/C22H20ClNO4S/c1-13-4-6-15(7-5-13)17-12-29-21(20(17)22(26)27-3)24-19(25)11-28-18-9-8-16(23)10-14(18)2/h4-10,12H,11H2,1-3H3,(H,24,25). The molecule has 7 heteroatoms. The van der Waals surface area contributed by atoms with Gasteiger partial charge in [0.25, 0.3) is 5.91 Å². The number of halogens is 1. The molecule has 5 nitrogen and oxygen atoms in total. The van der Waals surface area contributed by atoms with Gasteiger partial charge in [-0.15, -0.1) is 11.3 Å². The summed E-state index contributed by atoms with van der Waals surface area (Å²) in [6.45, 7) is 3.65. The lowest BCUT2D eigenvalue weighted by Crippen LogP contribution is -2.21. The molecule has 29 heavy (non-hydrogen) atoms. The maximum atomic E-state index is 12.4. The minimum absolute atomic E-state index is 0.194. The van der Waals surface area contributed by atoms with Gasteiger partial charge in [-0.05, 0) is 43.2 Å². The second-order valence-electron chi connectivity index (χ2n) is 6.46. The Labute approximate surface area is 178 Å². The molecule has 0 bridgehead atoms. The third kappa shape index (κ3) is 4.96. The van der Waals surface area contributed by atoms with Gasteiger partial charge in [0.2, 0.25) is 0 Å². The van der Waals surface area contributed by atoms with E-state index in [4.69, 9.17) is 21.1 Å². The zero-order valence-corrected chi connectivity index (χ0v) is 17.8. The molecule has 0 aliphatic rings. The molecule has 0 saturated carbocycles. The fraction of sp³-hybridized carbons (Fsp3) is 0.182. The second kappa shape index (κ2) is 9.11. The number of hydrogen-bond acceptors (Lipinski definition) is 5. The van der Waals surface area contributed by atoms with Gasteiger partial charge in [-0.1, -0.05) is 41.4 Å². The van der Waals surface area contributed by atoms with Crippen molar-refractivity contribution in [2.45, 2.75) is 13.8 Å². The van der Waals surface area contributed by atoms with Crippen LogP contribution in [0.4, 0.5) is 5.00 Å². The first kappa shape index (κ1) is 20.9. The largest absolute Gasteiger partial charge is 0.483 e. The topological polar surface area (TPSA) is 64.6 Å². The summed E-state index contributed by atoms with van der Waals surface area (Å²) < 4.78 is 10.5. The van der Waals surface area contributed by atoms with Crippen molar-refractivity contribution in [3.63, 3.8) is 0 Å². The average molecular weight is 430 g/mol. The second-order valence-corrected chi connectivity index (χ2v) is 7.77. The van der Waals surface area contributed by atoms with Gasteiger partial charge >= 0.3 is 5.97 Å². The van der Waals surface area contributed by atoms with Crippen molar-refractivity contribution >= 4 is 39.8 Å². The van der Waals surface area contributed by atoms with Gasteiger partial charge < -0.3 is 14.8 Å². The molecular weight excluding hydrogens is 410 g/mol. The summed E-state index contributed by atoms with van der Waals surface area (Å²) in [6.07, 6.45) is 0. The maximum absolute atomic E-state index is 12.4. The minimum Gasteiger partial charge on any atom is -0.483 e. The van der Waals surface area contributed by atoms with Crippen LogP contribution in [0.25, 0.3) is 11.1 Å². The molecule has 1 aromatic heterocycles. The Morgan fingerprint density at radius 2 is 1.83 bits per heavy atom. The van der Waals surface area contributed by atoms with E-state index in [0.29, 0.717) is 26.9 Å². The molecule has 0 fully saturated rings. The summed E-state index contributed by atoms with van der Waals surface area (Å²) in [5.74, 6) is -0.308. The number of methoxy groups -OCH3 is 1. The van der Waals surface area contributed by atoms with Gasteiger partial charge in [0.05, 0.1) is 7.11 Å². The number of thiophene rings is 1. The van der Waals surface area contributed by atoms with Crippen molar-refractivity contribution in [3.8, 4) is 16.9 Å². The lowest BCUT2D eigenvalue weighted by molar-refractivity contribution is -0.118. The number of carbonyl (C=O) groups excluding carboxylic acids is 2. The van der Waals surface area contributed by atoms with Gasteiger partial charge in [0.1, 0.15) is 16.3 Å². The Morgan fingerprint density at radius 1 is 1.10 bits per heavy atom. The number of ether oxygens (including phenoxy) is 2. The number of hydrogen-bond donors (Lipinski definition) is 1. The summed E-state index contributed by atoms with van der Waals surface area (Å²) in [7, 11) is 1.32. The Kier molecular flexibility index (Phi) is 6.56. The molecule has 1 heterocycles. The van der Waals surface area contributed by atoms with E-state index >= 15 is 0 Å². The fourth-order valence-electron chi connectivity index (χ4n) is 2.78. The van der Waals surface area contributed by atoms with E-state index in [2.05, 4.69) is 5.32 Å². The van der Waals surface area contributed by atoms with Gasteiger partial charge in [0.15, 0.2) is 6.61 Å². The smallest absolute Gasteiger partial charge is 0.341 e. The zero-order valence-electron chi connectivity index (χ0n) is 16.2. The van der Waals surface area contributed by atoms with Gasteiger partial charge in [-0.2, -0.15) is 0 Å². The predicted molar refractivity (Wildman–Crippen MR) is 116 cm³/mol. The summed E-state index contributed by atoms with van der Waals surface area (Å²) in [6, 6.07) is 13.0. The number of carbonyl (C=O) groups is 2. The Hall–Kier alpha value is -2.83. The van der Waals surface area contributed by atoms with Crippen molar-refractivity contribution in [2.24, 2.45) is 0 Å². The quantitative estimate of drug-likeness (QED) is 0.526. The highest BCUT2D eigenvalue weighted by atomic mass is 35.5. The highest BCUT2D eigenvalue weighted by Gasteiger charge is 2.22. The van der Waals surface area contributed by atoms with Gasteiger partial charge in [0, 0.05) is 16.0 Å². The van der Waals surface area contributed by atoms with Crippen molar-refractivity contribution in [2.75, 3.05) is 19.0 Å². The van der Waals surface area contributed by atoms with Crippen molar-refractivity contribution in [1.82, 2.24) is 0 Å². The van der Waals surface area contributed by atoms with Crippen LogP contribution in [-0.2, 0) is 9.53 Å². The monoisotopic (exact) mass is 429 g/mol. The van der Waals surface area contributed by atoms with Gasteiger partial charge in [-0.3, -0.25) is 4.79 Å². The van der Waals surface area contributed by atoms with E-state index in [1.807, 2.05) is 43.5 Å². The van der Waals surface area contributed by atoms with Crippen molar-refractivity contribution < 1.29 is 19.1 Å². The van der Waals surface area contributed by atoms with E-state index in [0.717, 1.165) is 16.7 Å². The van der Waals surface area contributed by atoms with Crippen LogP contribution in [0.2, 0.25) is 5.02 Å². The number of amides is 1. The summed E-state index contributed by atoms with van der Waals surface area (Å²) in [5.41, 5.74) is 3.87. The maximum Gasteiger partial charge on any atom is 0.341 e. The molecule has 0 saturated heterocycles. The minimum atomic E-state index is -0.508. The van der Waals surface area contributed by atoms with Crippen molar-refractivity contribution in [1.29, 1.82) is 0 Å². The predicted octanol–water partition coefficient (Wildman–Crippen LogP) is 5.49. The third-order valence-corrected chi connectivity index (χ3v) is 5.42. The number of aryl methyl sites for hydroxylation is 2. The van der Waals surface area contributed by atoms with Crippen LogP contribution in [-0.4, -0.2) is 25.6 Å². The molecule has 0 spiro atoms. The summed E-state index contributed by atoms with van der Waals surface area (Å²) in [4.78, 5) is 24.8. The molecule has 0 radical (unpaired) electrons. The van der Waals surface area contributed by atoms with Crippen LogP contribution in [0.1, 0.15) is 21.5 Å². The molecule has 0 unspecified atom stereocenters. The molecule has 2 aromatic carbocycles. The lowest BCUT2D eigenvalue weighted by atomic mass is 10.0. The SMILES string of the molecule is COC(=O)c1c(-c2ccc(C)cc2)csc1NC(=O)COc1ccc(Cl)cc1C. The van der Waals surface area contributed by atoms with Crippen LogP contribution in [0.5, 0.6) is 5.75 Å². The van der Waals surface area contributed by atoms with Crippen LogP contribution in [0.3, 0.4) is 0 Å². The highest BCUT2D eigenvalue weighted by molar-refractivity contribution is 7.15. The van der Waals surface area contributed by atoms with E-state index in [-0.39, 0.29) is 12.5 Å². The van der Waals surface area contributed by atoms with Crippen LogP contribution in [0.15, 0.2) is 47.8 Å². The number of anilines is 1. The van der Waals surface area contributed by atoms with Gasteiger partial charge in [-0.25, -0.2) is 4.79 Å². The molecule has 1 amide bonds. The molecule has 3 rings (SSSR count). The summed E-state index contributed by atoms with van der Waals surface area (Å²) >= 11 is 7.20. The normalized spacial score (nSPS) is 10.5. The molecule has 0 atom stereocenters. The Balaban J connectivity index is 1.78. The number of rotatable bonds is 6. The molecule has 1 N–H and O–H groups in total. The molecular formula is C22H20ClNO4S. The molecule has 0 aliphatic carbocycles.